The average Bonchev–Trinajstić information content (AvgIpc) is 2.99. The summed E-state index contributed by atoms with van der Waals surface area (Å²) in [6.07, 6.45) is 0. The molecule has 2 aromatic heterocycles. The molecule has 3 aromatic rings. The van der Waals surface area contributed by atoms with E-state index in [2.05, 4.69) is 5.16 Å². The lowest BCUT2D eigenvalue weighted by molar-refractivity contribution is 0.439. The molecule has 0 aliphatic heterocycles. The van der Waals surface area contributed by atoms with Crippen molar-refractivity contribution in [2.45, 2.75) is 0 Å². The molecule has 19 heavy (non-hydrogen) atoms. The Hall–Kier alpha value is -1.49. The molecule has 0 bridgehead atoms. The minimum absolute atomic E-state index is 0.258. The van der Waals surface area contributed by atoms with Crippen LogP contribution in [0.25, 0.3) is 21.7 Å². The molecule has 0 spiro atoms. The number of nitrogens with zero attached hydrogens (tertiary/aromatic N) is 1. The van der Waals surface area contributed by atoms with Gasteiger partial charge in [0.15, 0.2) is 0 Å². The minimum Gasteiger partial charge on any atom is -0.367 e. The van der Waals surface area contributed by atoms with Crippen molar-refractivity contribution >= 4 is 40.4 Å². The second kappa shape index (κ2) is 4.89. The fraction of sp³-hybridized carbons (Fsp3) is 0. The molecule has 0 aliphatic carbocycles. The highest BCUT2D eigenvalue weighted by Crippen LogP contribution is 2.43. The molecule has 0 saturated heterocycles. The molecule has 0 saturated carbocycles. The Kier molecular flexibility index (Phi) is 3.22. The maximum absolute atomic E-state index is 6.20. The van der Waals surface area contributed by atoms with Crippen LogP contribution in [0.5, 0.6) is 0 Å². The van der Waals surface area contributed by atoms with E-state index in [1.807, 2.05) is 17.5 Å². The summed E-state index contributed by atoms with van der Waals surface area (Å²) in [7, 11) is 0. The number of anilines is 1. The first-order valence-corrected chi connectivity index (χ1v) is 7.05. The van der Waals surface area contributed by atoms with Gasteiger partial charge >= 0.3 is 0 Å². The molecule has 0 aliphatic rings. The predicted molar refractivity (Wildman–Crippen MR) is 79.7 cm³/mol. The third-order valence-corrected chi connectivity index (χ3v) is 4.20. The van der Waals surface area contributed by atoms with Crippen LogP contribution in [0.15, 0.2) is 40.2 Å². The summed E-state index contributed by atoms with van der Waals surface area (Å²) >= 11 is 14.0. The molecule has 96 valence electrons. The molecule has 0 radical (unpaired) electrons. The summed E-state index contributed by atoms with van der Waals surface area (Å²) in [5.41, 5.74) is 7.79. The monoisotopic (exact) mass is 310 g/mol. The zero-order valence-corrected chi connectivity index (χ0v) is 11.9. The van der Waals surface area contributed by atoms with Crippen LogP contribution in [0.2, 0.25) is 10.0 Å². The van der Waals surface area contributed by atoms with E-state index in [0.717, 1.165) is 10.4 Å². The van der Waals surface area contributed by atoms with Crippen molar-refractivity contribution in [1.29, 1.82) is 0 Å². The summed E-state index contributed by atoms with van der Waals surface area (Å²) in [6, 6.07) is 9.17. The second-order valence-electron chi connectivity index (χ2n) is 3.84. The second-order valence-corrected chi connectivity index (χ2v) is 5.61. The van der Waals surface area contributed by atoms with Gasteiger partial charge in [0.1, 0.15) is 5.69 Å². The van der Waals surface area contributed by atoms with Crippen molar-refractivity contribution < 1.29 is 4.52 Å². The van der Waals surface area contributed by atoms with Crippen LogP contribution in [0.3, 0.4) is 0 Å². The normalized spacial score (nSPS) is 10.8. The van der Waals surface area contributed by atoms with Crippen molar-refractivity contribution in [3.8, 4) is 21.7 Å². The maximum atomic E-state index is 6.20. The number of aromatic nitrogens is 1. The van der Waals surface area contributed by atoms with Gasteiger partial charge in [-0.3, -0.25) is 0 Å². The van der Waals surface area contributed by atoms with E-state index in [9.17, 15) is 0 Å². The zero-order chi connectivity index (χ0) is 13.4. The van der Waals surface area contributed by atoms with Gasteiger partial charge in [-0.15, -0.1) is 11.3 Å². The smallest absolute Gasteiger partial charge is 0.231 e. The predicted octanol–water partition coefficient (Wildman–Crippen LogP) is 4.96. The van der Waals surface area contributed by atoms with Crippen LogP contribution in [-0.2, 0) is 0 Å². The van der Waals surface area contributed by atoms with Gasteiger partial charge in [0.25, 0.3) is 0 Å². The number of hydrogen-bond donors (Lipinski definition) is 1. The van der Waals surface area contributed by atoms with Gasteiger partial charge in [0, 0.05) is 10.4 Å². The lowest BCUT2D eigenvalue weighted by Crippen LogP contribution is -1.87. The van der Waals surface area contributed by atoms with Crippen molar-refractivity contribution in [2.24, 2.45) is 0 Å². The van der Waals surface area contributed by atoms with Gasteiger partial charge in [-0.2, -0.15) is 0 Å². The maximum Gasteiger partial charge on any atom is 0.231 e. The Balaban J connectivity index is 2.28. The van der Waals surface area contributed by atoms with Crippen LogP contribution in [0.1, 0.15) is 0 Å². The summed E-state index contributed by atoms with van der Waals surface area (Å²) in [4.78, 5) is 0.963. The van der Waals surface area contributed by atoms with Gasteiger partial charge in [0.2, 0.25) is 5.88 Å². The summed E-state index contributed by atoms with van der Waals surface area (Å²) in [5, 5.41) is 6.98. The average molecular weight is 311 g/mol. The van der Waals surface area contributed by atoms with Gasteiger partial charge in [-0.25, -0.2) is 0 Å². The number of rotatable bonds is 2. The van der Waals surface area contributed by atoms with Crippen molar-refractivity contribution in [3.05, 3.63) is 45.8 Å². The first-order valence-electron chi connectivity index (χ1n) is 5.42. The van der Waals surface area contributed by atoms with Crippen LogP contribution in [-0.4, -0.2) is 5.16 Å². The number of nitrogens with two attached hydrogens (primary N) is 1. The molecule has 2 N–H and O–H groups in total. The Morgan fingerprint density at radius 2 is 1.79 bits per heavy atom. The lowest BCUT2D eigenvalue weighted by Gasteiger charge is -2.05. The molecule has 0 amide bonds. The molecule has 0 atom stereocenters. The third kappa shape index (κ3) is 2.12. The lowest BCUT2D eigenvalue weighted by atomic mass is 10.1. The molecule has 2 heterocycles. The Bertz CT molecular complexity index is 702. The summed E-state index contributed by atoms with van der Waals surface area (Å²) in [6.45, 7) is 0. The molecular weight excluding hydrogens is 303 g/mol. The molecule has 3 nitrogen and oxygen atoms in total. The van der Waals surface area contributed by atoms with Crippen molar-refractivity contribution in [2.75, 3.05) is 5.73 Å². The topological polar surface area (TPSA) is 52.0 Å². The SMILES string of the molecule is Nc1onc(-c2c(Cl)cccc2Cl)c1-c1cccs1. The zero-order valence-electron chi connectivity index (χ0n) is 9.56. The number of benzene rings is 1. The third-order valence-electron chi connectivity index (χ3n) is 2.69. The number of thiophene rings is 1. The summed E-state index contributed by atoms with van der Waals surface area (Å²) in [5.74, 6) is 0.258. The Morgan fingerprint density at radius 3 is 2.42 bits per heavy atom. The van der Waals surface area contributed by atoms with Gasteiger partial charge in [0.05, 0.1) is 15.6 Å². The van der Waals surface area contributed by atoms with E-state index in [-0.39, 0.29) is 5.88 Å². The fourth-order valence-electron chi connectivity index (χ4n) is 1.86. The summed E-state index contributed by atoms with van der Waals surface area (Å²) < 4.78 is 5.10. The van der Waals surface area contributed by atoms with E-state index in [4.69, 9.17) is 33.5 Å². The van der Waals surface area contributed by atoms with Crippen molar-refractivity contribution in [3.63, 3.8) is 0 Å². The highest BCUT2D eigenvalue weighted by Gasteiger charge is 2.21. The molecule has 0 fully saturated rings. The van der Waals surface area contributed by atoms with E-state index < -0.39 is 0 Å². The first-order chi connectivity index (χ1) is 9.18. The largest absolute Gasteiger partial charge is 0.367 e. The van der Waals surface area contributed by atoms with Crippen LogP contribution in [0.4, 0.5) is 5.88 Å². The van der Waals surface area contributed by atoms with Gasteiger partial charge in [-0.05, 0) is 23.6 Å². The van der Waals surface area contributed by atoms with Gasteiger partial charge < -0.3 is 10.3 Å². The Labute approximate surface area is 123 Å². The minimum atomic E-state index is 0.258. The molecule has 0 unspecified atom stereocenters. The highest BCUT2D eigenvalue weighted by molar-refractivity contribution is 7.13. The van der Waals surface area contributed by atoms with Crippen LogP contribution >= 0.6 is 34.5 Å². The molecule has 6 heteroatoms. The number of hydrogen-bond acceptors (Lipinski definition) is 4. The van der Waals surface area contributed by atoms with E-state index in [1.54, 1.807) is 29.5 Å². The fourth-order valence-corrected chi connectivity index (χ4v) is 3.21. The molecule has 1 aromatic carbocycles. The van der Waals surface area contributed by atoms with E-state index in [1.165, 1.54) is 0 Å². The first kappa shape index (κ1) is 12.5. The highest BCUT2D eigenvalue weighted by atomic mass is 35.5. The van der Waals surface area contributed by atoms with Crippen molar-refractivity contribution in [1.82, 2.24) is 5.16 Å². The molecular formula is C13H8Cl2N2OS. The standard InChI is InChI=1S/C13H8Cl2N2OS/c14-7-3-1-4-8(15)10(7)12-11(13(16)18-17-12)9-5-2-6-19-9/h1-6H,16H2. The van der Waals surface area contributed by atoms with E-state index in [0.29, 0.717) is 21.3 Å². The number of halogens is 2. The van der Waals surface area contributed by atoms with E-state index >= 15 is 0 Å². The number of nitrogen functional groups attached to an aromatic ring is 1. The quantitative estimate of drug-likeness (QED) is 0.728. The van der Waals surface area contributed by atoms with Crippen LogP contribution in [0, 0.1) is 0 Å². The van der Waals surface area contributed by atoms with Gasteiger partial charge in [-0.1, -0.05) is 40.5 Å². The Morgan fingerprint density at radius 1 is 1.05 bits per heavy atom. The molecule has 3 rings (SSSR count). The van der Waals surface area contributed by atoms with Crippen LogP contribution < -0.4 is 5.73 Å².